The van der Waals surface area contributed by atoms with E-state index in [1.807, 2.05) is 0 Å². The fraction of sp³-hybridized carbons (Fsp3) is 0.643. The molecule has 0 amide bonds. The van der Waals surface area contributed by atoms with Crippen LogP contribution in [0.5, 0.6) is 0 Å². The Bertz CT molecular complexity index is 622. The van der Waals surface area contributed by atoms with Crippen LogP contribution in [0.15, 0.2) is 12.1 Å². The number of aliphatic hydroxyl groups is 1. The highest BCUT2D eigenvalue weighted by atomic mass is 35.5. The first-order valence-corrected chi connectivity index (χ1v) is 8.46. The molecule has 0 radical (unpaired) electrons. The van der Waals surface area contributed by atoms with Crippen molar-refractivity contribution in [2.24, 2.45) is 0 Å². The fourth-order valence-corrected chi connectivity index (χ4v) is 2.89. The summed E-state index contributed by atoms with van der Waals surface area (Å²) in [4.78, 5) is 3.73. The molecule has 0 unspecified atom stereocenters. The maximum atomic E-state index is 14.1. The molecule has 138 valence electrons. The smallest absolute Gasteiger partial charge is 0.384 e. The molecule has 24 heavy (non-hydrogen) atoms. The highest BCUT2D eigenvalue weighted by molar-refractivity contribution is 7.84. The van der Waals surface area contributed by atoms with Crippen molar-refractivity contribution in [1.82, 2.24) is 9.71 Å². The summed E-state index contributed by atoms with van der Waals surface area (Å²) in [5, 5.41) is 9.27. The van der Waals surface area contributed by atoms with Gasteiger partial charge in [-0.15, -0.1) is 0 Å². The Kier molecular flexibility index (Phi) is 6.41. The van der Waals surface area contributed by atoms with E-state index in [4.69, 9.17) is 11.6 Å². The van der Waals surface area contributed by atoms with Crippen LogP contribution in [0.2, 0.25) is 5.15 Å². The topological polar surface area (TPSA) is 62.2 Å². The van der Waals surface area contributed by atoms with Gasteiger partial charge in [-0.3, -0.25) is 0 Å². The number of hydrogen-bond donors (Lipinski definition) is 2. The van der Waals surface area contributed by atoms with E-state index in [1.54, 1.807) is 20.8 Å². The van der Waals surface area contributed by atoms with Gasteiger partial charge in [0.25, 0.3) is 0 Å². The summed E-state index contributed by atoms with van der Waals surface area (Å²) < 4.78 is 66.4. The second kappa shape index (κ2) is 7.23. The first-order chi connectivity index (χ1) is 10.7. The molecule has 0 spiro atoms. The Morgan fingerprint density at radius 3 is 2.29 bits per heavy atom. The lowest BCUT2D eigenvalue weighted by molar-refractivity contribution is -0.209. The Hall–Kier alpha value is -0.770. The van der Waals surface area contributed by atoms with Crippen LogP contribution in [0.3, 0.4) is 0 Å². The zero-order chi connectivity index (χ0) is 18.9. The van der Waals surface area contributed by atoms with Crippen molar-refractivity contribution in [2.45, 2.75) is 56.7 Å². The summed E-state index contributed by atoms with van der Waals surface area (Å²) in [5.41, 5.74) is -2.31. The van der Waals surface area contributed by atoms with Crippen LogP contribution >= 0.6 is 11.6 Å². The van der Waals surface area contributed by atoms with Crippen molar-refractivity contribution in [1.29, 1.82) is 0 Å². The molecule has 0 aliphatic carbocycles. The third-order valence-electron chi connectivity index (χ3n) is 3.19. The number of alkyl halides is 3. The highest BCUT2D eigenvalue weighted by Gasteiger charge is 2.46. The molecule has 4 nitrogen and oxygen atoms in total. The zero-order valence-corrected chi connectivity index (χ0v) is 15.1. The lowest BCUT2D eigenvalue weighted by atomic mass is 9.90. The van der Waals surface area contributed by atoms with E-state index in [9.17, 15) is 26.9 Å². The summed E-state index contributed by atoms with van der Waals surface area (Å²) in [7, 11) is -1.84. The number of nitrogens with zero attached hydrogens (tertiary/aromatic N) is 1. The van der Waals surface area contributed by atoms with Gasteiger partial charge in [0.1, 0.15) is 11.0 Å². The van der Waals surface area contributed by atoms with Gasteiger partial charge in [-0.2, -0.15) is 13.2 Å². The Balaban J connectivity index is 3.35. The number of pyridine rings is 1. The van der Waals surface area contributed by atoms with Gasteiger partial charge in [0.2, 0.25) is 0 Å². The molecule has 0 fully saturated rings. The van der Waals surface area contributed by atoms with E-state index in [1.165, 1.54) is 6.92 Å². The highest BCUT2D eigenvalue weighted by Crippen LogP contribution is 2.34. The quantitative estimate of drug-likeness (QED) is 0.598. The molecule has 2 N–H and O–H groups in total. The number of halogens is 5. The summed E-state index contributed by atoms with van der Waals surface area (Å²) in [6.07, 6.45) is -8.66. The van der Waals surface area contributed by atoms with E-state index in [0.29, 0.717) is 0 Å². The number of aromatic nitrogens is 1. The molecule has 10 heteroatoms. The van der Waals surface area contributed by atoms with Crippen LogP contribution in [0.4, 0.5) is 17.6 Å². The Morgan fingerprint density at radius 1 is 1.29 bits per heavy atom. The predicted molar refractivity (Wildman–Crippen MR) is 84.3 cm³/mol. The minimum Gasteiger partial charge on any atom is -0.384 e. The molecule has 0 bridgehead atoms. The molecule has 1 rings (SSSR count). The largest absolute Gasteiger partial charge is 0.414 e. The van der Waals surface area contributed by atoms with Gasteiger partial charge in [-0.25, -0.2) is 18.3 Å². The van der Waals surface area contributed by atoms with Gasteiger partial charge in [0, 0.05) is 6.42 Å². The van der Waals surface area contributed by atoms with Crippen molar-refractivity contribution in [3.63, 3.8) is 0 Å². The van der Waals surface area contributed by atoms with Crippen LogP contribution in [-0.4, -0.2) is 31.3 Å². The van der Waals surface area contributed by atoms with E-state index in [-0.39, 0.29) is 5.15 Å². The first kappa shape index (κ1) is 21.3. The van der Waals surface area contributed by atoms with Gasteiger partial charge in [0.05, 0.1) is 27.0 Å². The standard InChI is InChI=1S/C14H19ClF4N2O2S/c1-12(2,3)24(23)21-13(4,7-9(22)14(17,18)19)11-8(16)5-6-10(15)20-11/h5-6,9,21-22H,7H2,1-4H3/t9-,13-,24+/m0/s1. The van der Waals surface area contributed by atoms with Crippen LogP contribution in [0.1, 0.15) is 39.8 Å². The SMILES string of the molecule is CC(C)(C)[S@@](=O)N[C@@](C)(C[C@H](O)C(F)(F)F)c1nc(Cl)ccc1F. The van der Waals surface area contributed by atoms with Gasteiger partial charge in [0.15, 0.2) is 6.10 Å². The van der Waals surface area contributed by atoms with Crippen LogP contribution in [0.25, 0.3) is 0 Å². The van der Waals surface area contributed by atoms with Crippen molar-refractivity contribution in [3.8, 4) is 0 Å². The number of aliphatic hydroxyl groups excluding tert-OH is 1. The third kappa shape index (κ3) is 5.37. The maximum absolute atomic E-state index is 14.1. The summed E-state index contributed by atoms with van der Waals surface area (Å²) in [6, 6.07) is 2.09. The number of hydrogen-bond acceptors (Lipinski definition) is 3. The summed E-state index contributed by atoms with van der Waals surface area (Å²) in [5.74, 6) is -0.922. The third-order valence-corrected chi connectivity index (χ3v) is 5.15. The minimum atomic E-state index is -4.92. The number of rotatable bonds is 5. The fourth-order valence-electron chi connectivity index (χ4n) is 1.85. The van der Waals surface area contributed by atoms with Crippen LogP contribution in [-0.2, 0) is 16.5 Å². The molecule has 0 saturated carbocycles. The van der Waals surface area contributed by atoms with Gasteiger partial charge in [-0.1, -0.05) is 11.6 Å². The molecule has 3 atom stereocenters. The monoisotopic (exact) mass is 390 g/mol. The maximum Gasteiger partial charge on any atom is 0.414 e. The molecular formula is C14H19ClF4N2O2S. The first-order valence-electron chi connectivity index (χ1n) is 6.94. The molecule has 1 aromatic heterocycles. The lowest BCUT2D eigenvalue weighted by Gasteiger charge is -2.35. The average Bonchev–Trinajstić information content (AvgIpc) is 2.39. The van der Waals surface area contributed by atoms with Gasteiger partial charge in [-0.05, 0) is 39.8 Å². The molecule has 1 aromatic rings. The molecule has 0 aliphatic rings. The average molecular weight is 391 g/mol. The minimum absolute atomic E-state index is 0.137. The Morgan fingerprint density at radius 2 is 1.83 bits per heavy atom. The Labute approximate surface area is 145 Å². The van der Waals surface area contributed by atoms with Gasteiger partial charge < -0.3 is 5.11 Å². The van der Waals surface area contributed by atoms with E-state index < -0.39 is 51.5 Å². The summed E-state index contributed by atoms with van der Waals surface area (Å²) >= 11 is 5.71. The van der Waals surface area contributed by atoms with E-state index in [0.717, 1.165) is 12.1 Å². The molecule has 0 aliphatic heterocycles. The van der Waals surface area contributed by atoms with Crippen molar-refractivity contribution in [2.75, 3.05) is 0 Å². The molecular weight excluding hydrogens is 372 g/mol. The van der Waals surface area contributed by atoms with Gasteiger partial charge >= 0.3 is 6.18 Å². The normalized spacial score (nSPS) is 18.1. The van der Waals surface area contributed by atoms with Crippen LogP contribution in [0, 0.1) is 5.82 Å². The van der Waals surface area contributed by atoms with E-state index in [2.05, 4.69) is 9.71 Å². The number of nitrogens with one attached hydrogen (secondary N) is 1. The molecule has 1 heterocycles. The second-order valence-electron chi connectivity index (χ2n) is 6.54. The van der Waals surface area contributed by atoms with Crippen molar-refractivity contribution in [3.05, 3.63) is 28.8 Å². The van der Waals surface area contributed by atoms with Crippen LogP contribution < -0.4 is 4.72 Å². The van der Waals surface area contributed by atoms with E-state index >= 15 is 0 Å². The second-order valence-corrected chi connectivity index (χ2v) is 8.89. The predicted octanol–water partition coefficient (Wildman–Crippen LogP) is 3.45. The zero-order valence-electron chi connectivity index (χ0n) is 13.5. The lowest BCUT2D eigenvalue weighted by Crippen LogP contribution is -2.50. The van der Waals surface area contributed by atoms with Crippen molar-refractivity contribution >= 4 is 22.6 Å². The summed E-state index contributed by atoms with van der Waals surface area (Å²) in [6.45, 7) is 5.97. The molecule has 0 aromatic carbocycles. The molecule has 0 saturated heterocycles. The van der Waals surface area contributed by atoms with Crippen molar-refractivity contribution < 1.29 is 26.9 Å².